The Labute approximate surface area is 109 Å². The molecule has 1 heterocycles. The molecule has 0 fully saturated rings. The summed E-state index contributed by atoms with van der Waals surface area (Å²) in [6.07, 6.45) is -1.27. The number of hydrogen-bond donors (Lipinski definition) is 2. The molecule has 2 rings (SSSR count). The lowest BCUT2D eigenvalue weighted by atomic mass is 10.1. The molecule has 0 amide bonds. The number of aromatic nitrogens is 1. The van der Waals surface area contributed by atoms with Crippen LogP contribution in [0.5, 0.6) is 0 Å². The second-order valence-corrected chi connectivity index (χ2v) is 4.20. The van der Waals surface area contributed by atoms with Crippen molar-refractivity contribution >= 4 is 5.82 Å². The van der Waals surface area contributed by atoms with E-state index < -0.39 is 17.7 Å². The molecule has 5 heteroatoms. The highest BCUT2D eigenvalue weighted by Crippen LogP contribution is 2.20. The van der Waals surface area contributed by atoms with E-state index in [2.05, 4.69) is 10.3 Å². The third kappa shape index (κ3) is 3.26. The second-order valence-electron chi connectivity index (χ2n) is 4.20. The SMILES string of the molecule is Cc1cccc(NCC(O)c2c(F)cccc2F)n1. The zero-order chi connectivity index (χ0) is 13.8. The summed E-state index contributed by atoms with van der Waals surface area (Å²) in [5.74, 6) is -0.964. The van der Waals surface area contributed by atoms with Crippen LogP contribution in [-0.4, -0.2) is 16.6 Å². The van der Waals surface area contributed by atoms with Gasteiger partial charge in [0.1, 0.15) is 23.6 Å². The van der Waals surface area contributed by atoms with Crippen LogP contribution in [-0.2, 0) is 0 Å². The molecule has 0 radical (unpaired) electrons. The van der Waals surface area contributed by atoms with Gasteiger partial charge in [-0.15, -0.1) is 0 Å². The van der Waals surface area contributed by atoms with E-state index in [-0.39, 0.29) is 12.1 Å². The van der Waals surface area contributed by atoms with Gasteiger partial charge in [-0.1, -0.05) is 12.1 Å². The van der Waals surface area contributed by atoms with Crippen LogP contribution in [0.2, 0.25) is 0 Å². The van der Waals surface area contributed by atoms with Crippen molar-refractivity contribution in [2.45, 2.75) is 13.0 Å². The Kier molecular flexibility index (Phi) is 4.06. The number of nitrogens with zero attached hydrogens (tertiary/aromatic N) is 1. The summed E-state index contributed by atoms with van der Waals surface area (Å²) in [4.78, 5) is 4.17. The van der Waals surface area contributed by atoms with Gasteiger partial charge < -0.3 is 10.4 Å². The third-order valence-electron chi connectivity index (χ3n) is 2.70. The molecule has 2 aromatic rings. The van der Waals surface area contributed by atoms with E-state index in [1.807, 2.05) is 13.0 Å². The molecule has 2 N–H and O–H groups in total. The molecule has 0 spiro atoms. The Morgan fingerprint density at radius 3 is 2.42 bits per heavy atom. The number of anilines is 1. The zero-order valence-corrected chi connectivity index (χ0v) is 10.4. The number of hydrogen-bond acceptors (Lipinski definition) is 3. The summed E-state index contributed by atoms with van der Waals surface area (Å²) in [5, 5.41) is 12.7. The van der Waals surface area contributed by atoms with Gasteiger partial charge in [0.25, 0.3) is 0 Å². The fraction of sp³-hybridized carbons (Fsp3) is 0.214. The van der Waals surface area contributed by atoms with Crippen molar-refractivity contribution in [1.82, 2.24) is 4.98 Å². The number of pyridine rings is 1. The van der Waals surface area contributed by atoms with E-state index in [0.717, 1.165) is 17.8 Å². The highest BCUT2D eigenvalue weighted by atomic mass is 19.1. The van der Waals surface area contributed by atoms with E-state index in [1.165, 1.54) is 6.07 Å². The largest absolute Gasteiger partial charge is 0.386 e. The number of nitrogens with one attached hydrogen (secondary N) is 1. The Hall–Kier alpha value is -2.01. The number of halogens is 2. The van der Waals surface area contributed by atoms with Crippen LogP contribution in [0.1, 0.15) is 17.4 Å². The molecule has 1 unspecified atom stereocenters. The first kappa shape index (κ1) is 13.4. The third-order valence-corrected chi connectivity index (χ3v) is 2.70. The predicted octanol–water partition coefficient (Wildman–Crippen LogP) is 2.81. The maximum Gasteiger partial charge on any atom is 0.132 e. The lowest BCUT2D eigenvalue weighted by Gasteiger charge is -2.14. The number of rotatable bonds is 4. The van der Waals surface area contributed by atoms with E-state index in [0.29, 0.717) is 5.82 Å². The molecule has 3 nitrogen and oxygen atoms in total. The molecule has 0 saturated heterocycles. The summed E-state index contributed by atoms with van der Waals surface area (Å²) in [6, 6.07) is 8.85. The minimum absolute atomic E-state index is 0.0195. The van der Waals surface area contributed by atoms with Crippen LogP contribution in [0, 0.1) is 18.6 Å². The fourth-order valence-corrected chi connectivity index (χ4v) is 1.77. The van der Waals surface area contributed by atoms with E-state index in [1.54, 1.807) is 12.1 Å². The van der Waals surface area contributed by atoms with Gasteiger partial charge in [-0.3, -0.25) is 0 Å². The second kappa shape index (κ2) is 5.75. The summed E-state index contributed by atoms with van der Waals surface area (Å²) in [5.41, 5.74) is 0.485. The van der Waals surface area contributed by atoms with Gasteiger partial charge in [-0.05, 0) is 31.2 Å². The lowest BCUT2D eigenvalue weighted by Crippen LogP contribution is -2.15. The van der Waals surface area contributed by atoms with Crippen LogP contribution in [0.4, 0.5) is 14.6 Å². The quantitative estimate of drug-likeness (QED) is 0.892. The monoisotopic (exact) mass is 264 g/mol. The normalized spacial score (nSPS) is 12.2. The van der Waals surface area contributed by atoms with Crippen molar-refractivity contribution in [1.29, 1.82) is 0 Å². The van der Waals surface area contributed by atoms with Crippen molar-refractivity contribution in [3.8, 4) is 0 Å². The maximum absolute atomic E-state index is 13.4. The first-order chi connectivity index (χ1) is 9.08. The molecular weight excluding hydrogens is 250 g/mol. The molecule has 0 bridgehead atoms. The molecule has 0 aliphatic rings. The summed E-state index contributed by atoms with van der Waals surface area (Å²) < 4.78 is 26.9. The summed E-state index contributed by atoms with van der Waals surface area (Å²) in [6.45, 7) is 1.81. The molecule has 0 saturated carbocycles. The molecule has 19 heavy (non-hydrogen) atoms. The van der Waals surface area contributed by atoms with E-state index >= 15 is 0 Å². The van der Waals surface area contributed by atoms with Crippen molar-refractivity contribution in [2.24, 2.45) is 0 Å². The number of aryl methyl sites for hydroxylation is 1. The van der Waals surface area contributed by atoms with Crippen molar-refractivity contribution in [2.75, 3.05) is 11.9 Å². The van der Waals surface area contributed by atoms with Crippen LogP contribution in [0.3, 0.4) is 0 Å². The van der Waals surface area contributed by atoms with Gasteiger partial charge in [0.15, 0.2) is 0 Å². The van der Waals surface area contributed by atoms with Crippen LogP contribution < -0.4 is 5.32 Å². The van der Waals surface area contributed by atoms with Gasteiger partial charge in [0.2, 0.25) is 0 Å². The Morgan fingerprint density at radius 2 is 1.79 bits per heavy atom. The lowest BCUT2D eigenvalue weighted by molar-refractivity contribution is 0.181. The van der Waals surface area contributed by atoms with Gasteiger partial charge in [-0.2, -0.15) is 0 Å². The highest BCUT2D eigenvalue weighted by Gasteiger charge is 2.17. The molecule has 0 aliphatic heterocycles. The predicted molar refractivity (Wildman–Crippen MR) is 68.8 cm³/mol. The van der Waals surface area contributed by atoms with Crippen molar-refractivity contribution < 1.29 is 13.9 Å². The van der Waals surface area contributed by atoms with Crippen molar-refractivity contribution in [3.63, 3.8) is 0 Å². The molecule has 0 aliphatic carbocycles. The Morgan fingerprint density at radius 1 is 1.16 bits per heavy atom. The van der Waals surface area contributed by atoms with Crippen molar-refractivity contribution in [3.05, 3.63) is 59.3 Å². The smallest absolute Gasteiger partial charge is 0.132 e. The first-order valence-electron chi connectivity index (χ1n) is 5.87. The maximum atomic E-state index is 13.4. The summed E-state index contributed by atoms with van der Waals surface area (Å²) in [7, 11) is 0. The highest BCUT2D eigenvalue weighted by molar-refractivity contribution is 5.36. The number of aliphatic hydroxyl groups is 1. The number of benzene rings is 1. The van der Waals surface area contributed by atoms with Gasteiger partial charge in [0.05, 0.1) is 5.56 Å². The Bertz CT molecular complexity index is 555. The Balaban J connectivity index is 2.07. The molecule has 1 atom stereocenters. The van der Waals surface area contributed by atoms with Gasteiger partial charge >= 0.3 is 0 Å². The molecule has 100 valence electrons. The minimum atomic E-state index is -1.27. The molecule has 1 aromatic heterocycles. The standard InChI is InChI=1S/C14H14F2N2O/c1-9-4-2-7-13(18-9)17-8-12(19)14-10(15)5-3-6-11(14)16/h2-7,12,19H,8H2,1H3,(H,17,18). The first-order valence-corrected chi connectivity index (χ1v) is 5.87. The average molecular weight is 264 g/mol. The minimum Gasteiger partial charge on any atom is -0.386 e. The fourth-order valence-electron chi connectivity index (χ4n) is 1.77. The van der Waals surface area contributed by atoms with Crippen LogP contribution >= 0.6 is 0 Å². The molecule has 1 aromatic carbocycles. The van der Waals surface area contributed by atoms with Crippen LogP contribution in [0.15, 0.2) is 36.4 Å². The zero-order valence-electron chi connectivity index (χ0n) is 10.4. The van der Waals surface area contributed by atoms with Gasteiger partial charge in [0, 0.05) is 12.2 Å². The summed E-state index contributed by atoms with van der Waals surface area (Å²) >= 11 is 0. The van der Waals surface area contributed by atoms with E-state index in [9.17, 15) is 13.9 Å². The number of aliphatic hydroxyl groups excluding tert-OH is 1. The van der Waals surface area contributed by atoms with Crippen LogP contribution in [0.25, 0.3) is 0 Å². The average Bonchev–Trinajstić information content (AvgIpc) is 2.36. The molecular formula is C14H14F2N2O. The van der Waals surface area contributed by atoms with Gasteiger partial charge in [-0.25, -0.2) is 13.8 Å². The van der Waals surface area contributed by atoms with E-state index in [4.69, 9.17) is 0 Å². The topological polar surface area (TPSA) is 45.1 Å².